The Morgan fingerprint density at radius 2 is 2.10 bits per heavy atom. The lowest BCUT2D eigenvalue weighted by Gasteiger charge is -2.23. The van der Waals surface area contributed by atoms with Gasteiger partial charge in [0.1, 0.15) is 0 Å². The van der Waals surface area contributed by atoms with E-state index in [1.807, 2.05) is 36.0 Å². The Hall–Kier alpha value is -1.20. The van der Waals surface area contributed by atoms with Gasteiger partial charge in [0.15, 0.2) is 0 Å². The molecule has 1 aliphatic heterocycles. The molecule has 3 N–H and O–H groups in total. The molecule has 4 nitrogen and oxygen atoms in total. The van der Waals surface area contributed by atoms with Crippen molar-refractivity contribution in [2.75, 3.05) is 12.3 Å². The van der Waals surface area contributed by atoms with Gasteiger partial charge in [0.25, 0.3) is 0 Å². The SMILES string of the molecule is CC1(CNC(=O)NCc2ccccc2CO)CCCS1. The van der Waals surface area contributed by atoms with Crippen molar-refractivity contribution in [3.8, 4) is 0 Å². The van der Waals surface area contributed by atoms with Gasteiger partial charge in [-0.05, 0) is 36.6 Å². The van der Waals surface area contributed by atoms with Crippen molar-refractivity contribution in [2.45, 2.75) is 37.7 Å². The number of aliphatic hydroxyl groups excluding tert-OH is 1. The van der Waals surface area contributed by atoms with E-state index in [0.717, 1.165) is 17.5 Å². The van der Waals surface area contributed by atoms with Crippen LogP contribution in [0.25, 0.3) is 0 Å². The summed E-state index contributed by atoms with van der Waals surface area (Å²) in [6.07, 6.45) is 2.39. The van der Waals surface area contributed by atoms with Crippen molar-refractivity contribution in [3.63, 3.8) is 0 Å². The molecule has 1 aromatic carbocycles. The third kappa shape index (κ3) is 4.15. The second kappa shape index (κ2) is 6.99. The summed E-state index contributed by atoms with van der Waals surface area (Å²) in [5, 5.41) is 15.0. The summed E-state index contributed by atoms with van der Waals surface area (Å²) >= 11 is 1.93. The summed E-state index contributed by atoms with van der Waals surface area (Å²) in [6.45, 7) is 3.33. The van der Waals surface area contributed by atoms with Crippen molar-refractivity contribution < 1.29 is 9.90 Å². The van der Waals surface area contributed by atoms with Gasteiger partial charge in [-0.25, -0.2) is 4.79 Å². The lowest BCUT2D eigenvalue weighted by molar-refractivity contribution is 0.239. The number of carbonyl (C=O) groups excluding carboxylic acids is 1. The number of hydrogen-bond acceptors (Lipinski definition) is 3. The number of carbonyl (C=O) groups is 1. The molecule has 1 atom stereocenters. The largest absolute Gasteiger partial charge is 0.392 e. The standard InChI is InChI=1S/C15H22N2O2S/c1-15(7-4-8-20-15)11-17-14(19)16-9-12-5-2-3-6-13(12)10-18/h2-3,5-6,18H,4,7-11H2,1H3,(H2,16,17,19). The topological polar surface area (TPSA) is 61.4 Å². The third-order valence-electron chi connectivity index (χ3n) is 3.65. The highest BCUT2D eigenvalue weighted by atomic mass is 32.2. The van der Waals surface area contributed by atoms with Crippen molar-refractivity contribution >= 4 is 17.8 Å². The summed E-state index contributed by atoms with van der Waals surface area (Å²) in [6, 6.07) is 7.43. The number of rotatable bonds is 5. The van der Waals surface area contributed by atoms with E-state index in [-0.39, 0.29) is 17.4 Å². The van der Waals surface area contributed by atoms with Crippen LogP contribution in [0.3, 0.4) is 0 Å². The van der Waals surface area contributed by atoms with Crippen LogP contribution in [0.5, 0.6) is 0 Å². The predicted molar refractivity (Wildman–Crippen MR) is 82.7 cm³/mol. The minimum Gasteiger partial charge on any atom is -0.392 e. The van der Waals surface area contributed by atoms with Gasteiger partial charge in [-0.2, -0.15) is 11.8 Å². The minimum absolute atomic E-state index is 0.00577. The average Bonchev–Trinajstić information content (AvgIpc) is 2.90. The number of nitrogens with one attached hydrogen (secondary N) is 2. The maximum absolute atomic E-state index is 11.8. The maximum Gasteiger partial charge on any atom is 0.315 e. The highest BCUT2D eigenvalue weighted by Crippen LogP contribution is 2.36. The molecule has 0 aromatic heterocycles. The van der Waals surface area contributed by atoms with Gasteiger partial charge in [0.05, 0.1) is 6.61 Å². The van der Waals surface area contributed by atoms with Crippen LogP contribution in [0.1, 0.15) is 30.9 Å². The fourth-order valence-electron chi connectivity index (χ4n) is 2.37. The van der Waals surface area contributed by atoms with Gasteiger partial charge in [-0.3, -0.25) is 0 Å². The fourth-order valence-corrected chi connectivity index (χ4v) is 3.61. The Labute approximate surface area is 124 Å². The number of urea groups is 1. The normalized spacial score (nSPS) is 21.7. The molecule has 110 valence electrons. The molecule has 2 amide bonds. The van der Waals surface area contributed by atoms with E-state index in [0.29, 0.717) is 13.1 Å². The van der Waals surface area contributed by atoms with E-state index in [9.17, 15) is 9.90 Å². The van der Waals surface area contributed by atoms with E-state index in [1.54, 1.807) is 0 Å². The molecule has 1 unspecified atom stereocenters. The van der Waals surface area contributed by atoms with Crippen molar-refractivity contribution in [1.82, 2.24) is 10.6 Å². The van der Waals surface area contributed by atoms with Crippen LogP contribution >= 0.6 is 11.8 Å². The smallest absolute Gasteiger partial charge is 0.315 e. The highest BCUT2D eigenvalue weighted by molar-refractivity contribution is 8.00. The predicted octanol–water partition coefficient (Wildman–Crippen LogP) is 2.26. The van der Waals surface area contributed by atoms with Crippen molar-refractivity contribution in [1.29, 1.82) is 0 Å². The third-order valence-corrected chi connectivity index (χ3v) is 5.19. The molecule has 1 aromatic rings. The summed E-state index contributed by atoms with van der Waals surface area (Å²) in [5.41, 5.74) is 1.80. The Morgan fingerprint density at radius 1 is 1.35 bits per heavy atom. The molecular formula is C15H22N2O2S. The van der Waals surface area contributed by atoms with Crippen molar-refractivity contribution in [3.05, 3.63) is 35.4 Å². The molecule has 1 aliphatic rings. The molecule has 1 heterocycles. The van der Waals surface area contributed by atoms with Crippen LogP contribution in [0.4, 0.5) is 4.79 Å². The van der Waals surface area contributed by atoms with E-state index < -0.39 is 0 Å². The summed E-state index contributed by atoms with van der Waals surface area (Å²) in [7, 11) is 0. The lowest BCUT2D eigenvalue weighted by atomic mass is 10.1. The van der Waals surface area contributed by atoms with Gasteiger partial charge in [-0.15, -0.1) is 0 Å². The second-order valence-corrected chi connectivity index (χ2v) is 7.05. The van der Waals surface area contributed by atoms with Crippen LogP contribution in [-0.4, -0.2) is 28.2 Å². The van der Waals surface area contributed by atoms with Crippen LogP contribution in [0, 0.1) is 0 Å². The first-order chi connectivity index (χ1) is 9.63. The zero-order valence-electron chi connectivity index (χ0n) is 11.8. The molecule has 2 rings (SSSR count). The second-order valence-electron chi connectivity index (χ2n) is 5.36. The zero-order valence-corrected chi connectivity index (χ0v) is 12.6. The molecule has 1 fully saturated rings. The van der Waals surface area contributed by atoms with E-state index >= 15 is 0 Å². The van der Waals surface area contributed by atoms with Gasteiger partial charge < -0.3 is 15.7 Å². The first kappa shape index (κ1) is 15.2. The van der Waals surface area contributed by atoms with Crippen LogP contribution in [0.2, 0.25) is 0 Å². The molecule has 0 bridgehead atoms. The first-order valence-electron chi connectivity index (χ1n) is 6.96. The van der Waals surface area contributed by atoms with E-state index in [4.69, 9.17) is 0 Å². The molecule has 0 aliphatic carbocycles. The Bertz CT molecular complexity index is 459. The first-order valence-corrected chi connectivity index (χ1v) is 7.95. The lowest BCUT2D eigenvalue weighted by Crippen LogP contribution is -2.42. The number of benzene rings is 1. The molecule has 0 saturated carbocycles. The minimum atomic E-state index is -0.147. The zero-order chi connectivity index (χ0) is 14.4. The summed E-state index contributed by atoms with van der Waals surface area (Å²) < 4.78 is 0.181. The van der Waals surface area contributed by atoms with Crippen LogP contribution in [0.15, 0.2) is 24.3 Å². The Kier molecular flexibility index (Phi) is 5.31. The number of hydrogen-bond donors (Lipinski definition) is 3. The average molecular weight is 294 g/mol. The Morgan fingerprint density at radius 3 is 2.75 bits per heavy atom. The van der Waals surface area contributed by atoms with E-state index in [1.165, 1.54) is 12.2 Å². The maximum atomic E-state index is 11.8. The Balaban J connectivity index is 1.77. The van der Waals surface area contributed by atoms with Gasteiger partial charge in [0, 0.05) is 17.8 Å². The van der Waals surface area contributed by atoms with Crippen molar-refractivity contribution in [2.24, 2.45) is 0 Å². The van der Waals surface area contributed by atoms with Crippen LogP contribution in [-0.2, 0) is 13.2 Å². The number of thioether (sulfide) groups is 1. The fraction of sp³-hybridized carbons (Fsp3) is 0.533. The highest BCUT2D eigenvalue weighted by Gasteiger charge is 2.29. The molecular weight excluding hydrogens is 272 g/mol. The van der Waals surface area contributed by atoms with Gasteiger partial charge in [0.2, 0.25) is 0 Å². The number of aliphatic hydroxyl groups is 1. The molecule has 1 saturated heterocycles. The van der Waals surface area contributed by atoms with Gasteiger partial charge in [-0.1, -0.05) is 24.3 Å². The monoisotopic (exact) mass is 294 g/mol. The van der Waals surface area contributed by atoms with Gasteiger partial charge >= 0.3 is 6.03 Å². The molecule has 0 radical (unpaired) electrons. The summed E-state index contributed by atoms with van der Waals surface area (Å²) in [5.74, 6) is 1.18. The quantitative estimate of drug-likeness (QED) is 0.780. The molecule has 20 heavy (non-hydrogen) atoms. The summed E-state index contributed by atoms with van der Waals surface area (Å²) in [4.78, 5) is 11.8. The molecule has 0 spiro atoms. The van der Waals surface area contributed by atoms with Crippen LogP contribution < -0.4 is 10.6 Å². The number of amides is 2. The molecule has 5 heteroatoms. The van der Waals surface area contributed by atoms with E-state index in [2.05, 4.69) is 17.6 Å².